The lowest BCUT2D eigenvalue weighted by Crippen LogP contribution is -2.46. The molecule has 1 fully saturated rings. The fraction of sp³-hybridized carbons (Fsp3) is 0.583. The third-order valence-corrected chi connectivity index (χ3v) is 3.52. The van der Waals surface area contributed by atoms with Gasteiger partial charge in [0, 0.05) is 46.3 Å². The van der Waals surface area contributed by atoms with Gasteiger partial charge in [0.2, 0.25) is 0 Å². The first kappa shape index (κ1) is 13.6. The van der Waals surface area contributed by atoms with Crippen molar-refractivity contribution in [1.82, 2.24) is 15.1 Å². The number of nitrogens with one attached hydrogen (secondary N) is 1. The van der Waals surface area contributed by atoms with E-state index in [1.165, 1.54) is 0 Å². The molecule has 1 aliphatic rings. The molecule has 1 aromatic rings. The Balaban J connectivity index is 1.80. The second-order valence-electron chi connectivity index (χ2n) is 4.42. The lowest BCUT2D eigenvalue weighted by atomic mass is 10.3. The van der Waals surface area contributed by atoms with Crippen molar-refractivity contribution in [2.75, 3.05) is 46.3 Å². The molecule has 1 aromatic heterocycles. The van der Waals surface area contributed by atoms with Gasteiger partial charge < -0.3 is 14.6 Å². The zero-order valence-electron chi connectivity index (χ0n) is 10.5. The summed E-state index contributed by atoms with van der Waals surface area (Å²) in [4.78, 5) is 16.1. The minimum atomic E-state index is -0.0733. The van der Waals surface area contributed by atoms with E-state index in [4.69, 9.17) is 4.42 Å². The molecule has 2 rings (SSSR count). The summed E-state index contributed by atoms with van der Waals surface area (Å²) < 4.78 is 5.84. The summed E-state index contributed by atoms with van der Waals surface area (Å²) in [5, 5.41) is 3.31. The number of halogens is 1. The number of likely N-dealkylation sites (N-methyl/N-ethyl adjacent to an activating group) is 1. The fourth-order valence-electron chi connectivity index (χ4n) is 1.95. The highest BCUT2D eigenvalue weighted by atomic mass is 79.9. The minimum Gasteiger partial charge on any atom is -0.444 e. The Kier molecular flexibility index (Phi) is 4.79. The monoisotopic (exact) mass is 315 g/mol. The van der Waals surface area contributed by atoms with Crippen molar-refractivity contribution >= 4 is 21.8 Å². The molecule has 0 spiro atoms. The van der Waals surface area contributed by atoms with Crippen LogP contribution in [-0.4, -0.2) is 62.0 Å². The van der Waals surface area contributed by atoms with Gasteiger partial charge in [-0.25, -0.2) is 0 Å². The van der Waals surface area contributed by atoms with Gasteiger partial charge in [0.1, 0.15) is 0 Å². The van der Waals surface area contributed by atoms with Gasteiger partial charge in [-0.2, -0.15) is 0 Å². The molecule has 0 unspecified atom stereocenters. The zero-order valence-corrected chi connectivity index (χ0v) is 12.1. The van der Waals surface area contributed by atoms with Crippen LogP contribution in [0, 0.1) is 0 Å². The minimum absolute atomic E-state index is 0.0733. The normalized spacial score (nSPS) is 16.8. The van der Waals surface area contributed by atoms with Crippen molar-refractivity contribution in [3.8, 4) is 0 Å². The highest BCUT2D eigenvalue weighted by Crippen LogP contribution is 2.15. The molecular weight excluding hydrogens is 298 g/mol. The number of hydrogen-bond acceptors (Lipinski definition) is 4. The van der Waals surface area contributed by atoms with Crippen LogP contribution in [0.4, 0.5) is 0 Å². The highest BCUT2D eigenvalue weighted by Gasteiger charge is 2.17. The van der Waals surface area contributed by atoms with E-state index in [1.54, 1.807) is 24.1 Å². The third-order valence-electron chi connectivity index (χ3n) is 3.09. The van der Waals surface area contributed by atoms with E-state index in [2.05, 4.69) is 26.1 Å². The van der Waals surface area contributed by atoms with Gasteiger partial charge in [-0.1, -0.05) is 0 Å². The fourth-order valence-corrected chi connectivity index (χ4v) is 2.25. The predicted octanol–water partition coefficient (Wildman–Crippen LogP) is 1.02. The van der Waals surface area contributed by atoms with E-state index < -0.39 is 0 Å². The lowest BCUT2D eigenvalue weighted by Gasteiger charge is -2.28. The standard InChI is InChI=1S/C12H18BrN3O2/c1-15(8-9-16-6-4-14-5-7-16)12(17)10-2-3-11(13)18-10/h2-3,14H,4-9H2,1H3. The Morgan fingerprint density at radius 2 is 2.22 bits per heavy atom. The molecule has 2 heterocycles. The summed E-state index contributed by atoms with van der Waals surface area (Å²) in [6, 6.07) is 3.42. The molecule has 5 nitrogen and oxygen atoms in total. The SMILES string of the molecule is CN(CCN1CCNCC1)C(=O)c1ccc(Br)o1. The van der Waals surface area contributed by atoms with Gasteiger partial charge in [0.05, 0.1) is 0 Å². The molecule has 1 N–H and O–H groups in total. The molecule has 18 heavy (non-hydrogen) atoms. The zero-order chi connectivity index (χ0) is 13.0. The maximum absolute atomic E-state index is 12.0. The molecule has 0 bridgehead atoms. The van der Waals surface area contributed by atoms with E-state index in [-0.39, 0.29) is 5.91 Å². The smallest absolute Gasteiger partial charge is 0.289 e. The van der Waals surface area contributed by atoms with Crippen LogP contribution in [0.5, 0.6) is 0 Å². The van der Waals surface area contributed by atoms with Gasteiger partial charge in [-0.3, -0.25) is 9.69 Å². The quantitative estimate of drug-likeness (QED) is 0.901. The Hall–Kier alpha value is -0.850. The van der Waals surface area contributed by atoms with E-state index in [0.717, 1.165) is 39.3 Å². The summed E-state index contributed by atoms with van der Waals surface area (Å²) in [7, 11) is 1.81. The van der Waals surface area contributed by atoms with E-state index >= 15 is 0 Å². The second-order valence-corrected chi connectivity index (χ2v) is 5.20. The number of carbonyl (C=O) groups excluding carboxylic acids is 1. The van der Waals surface area contributed by atoms with Crippen molar-refractivity contribution < 1.29 is 9.21 Å². The Morgan fingerprint density at radius 1 is 1.50 bits per heavy atom. The van der Waals surface area contributed by atoms with Crippen LogP contribution in [0.1, 0.15) is 10.6 Å². The molecule has 0 atom stereocenters. The van der Waals surface area contributed by atoms with Crippen LogP contribution in [0.3, 0.4) is 0 Å². The van der Waals surface area contributed by atoms with Gasteiger partial charge in [-0.05, 0) is 28.1 Å². The first-order chi connectivity index (χ1) is 8.66. The van der Waals surface area contributed by atoms with Crippen molar-refractivity contribution in [3.05, 3.63) is 22.6 Å². The van der Waals surface area contributed by atoms with Gasteiger partial charge in [-0.15, -0.1) is 0 Å². The number of carbonyl (C=O) groups is 1. The number of nitrogens with zero attached hydrogens (tertiary/aromatic N) is 2. The predicted molar refractivity (Wildman–Crippen MR) is 72.7 cm³/mol. The number of furan rings is 1. The molecule has 1 saturated heterocycles. The topological polar surface area (TPSA) is 48.7 Å². The third kappa shape index (κ3) is 3.57. The molecule has 0 saturated carbocycles. The van der Waals surface area contributed by atoms with Crippen molar-refractivity contribution in [1.29, 1.82) is 0 Å². The first-order valence-corrected chi connectivity index (χ1v) is 6.90. The molecule has 0 aliphatic carbocycles. The van der Waals surface area contributed by atoms with Crippen molar-refractivity contribution in [2.24, 2.45) is 0 Å². The Labute approximate surface area is 115 Å². The summed E-state index contributed by atoms with van der Waals surface area (Å²) in [6.07, 6.45) is 0. The molecule has 1 aliphatic heterocycles. The average molecular weight is 316 g/mol. The van der Waals surface area contributed by atoms with Crippen LogP contribution in [-0.2, 0) is 0 Å². The first-order valence-electron chi connectivity index (χ1n) is 6.10. The van der Waals surface area contributed by atoms with Crippen LogP contribution >= 0.6 is 15.9 Å². The molecule has 6 heteroatoms. The number of hydrogen-bond donors (Lipinski definition) is 1. The largest absolute Gasteiger partial charge is 0.444 e. The maximum Gasteiger partial charge on any atom is 0.289 e. The van der Waals surface area contributed by atoms with Gasteiger partial charge in [0.15, 0.2) is 10.4 Å². The van der Waals surface area contributed by atoms with E-state index in [9.17, 15) is 4.79 Å². The molecule has 0 aromatic carbocycles. The van der Waals surface area contributed by atoms with E-state index in [1.807, 2.05) is 0 Å². The van der Waals surface area contributed by atoms with E-state index in [0.29, 0.717) is 10.4 Å². The lowest BCUT2D eigenvalue weighted by molar-refractivity contribution is 0.0742. The van der Waals surface area contributed by atoms with Crippen molar-refractivity contribution in [2.45, 2.75) is 0 Å². The Morgan fingerprint density at radius 3 is 2.83 bits per heavy atom. The average Bonchev–Trinajstić information content (AvgIpc) is 2.83. The summed E-state index contributed by atoms with van der Waals surface area (Å²) in [5.74, 6) is 0.306. The summed E-state index contributed by atoms with van der Waals surface area (Å²) >= 11 is 3.20. The highest BCUT2D eigenvalue weighted by molar-refractivity contribution is 9.10. The molecule has 0 radical (unpaired) electrons. The van der Waals surface area contributed by atoms with Crippen LogP contribution in [0.25, 0.3) is 0 Å². The molecular formula is C12H18BrN3O2. The van der Waals surface area contributed by atoms with Crippen LogP contribution in [0.15, 0.2) is 21.2 Å². The van der Waals surface area contributed by atoms with Gasteiger partial charge in [0.25, 0.3) is 5.91 Å². The number of amides is 1. The van der Waals surface area contributed by atoms with Gasteiger partial charge >= 0.3 is 0 Å². The summed E-state index contributed by atoms with van der Waals surface area (Å²) in [6.45, 7) is 5.79. The van der Waals surface area contributed by atoms with Crippen LogP contribution < -0.4 is 5.32 Å². The number of piperazine rings is 1. The summed E-state index contributed by atoms with van der Waals surface area (Å²) in [5.41, 5.74) is 0. The molecule has 100 valence electrons. The van der Waals surface area contributed by atoms with Crippen molar-refractivity contribution in [3.63, 3.8) is 0 Å². The Bertz CT molecular complexity index is 402. The maximum atomic E-state index is 12.0. The number of rotatable bonds is 4. The molecule has 1 amide bonds. The van der Waals surface area contributed by atoms with Crippen LogP contribution in [0.2, 0.25) is 0 Å². The second kappa shape index (κ2) is 6.36.